The summed E-state index contributed by atoms with van der Waals surface area (Å²) in [6.45, 7) is 7.40. The van der Waals surface area contributed by atoms with E-state index in [4.69, 9.17) is 51.9 Å². The molecule has 0 fully saturated rings. The fraction of sp³-hybridized carbons (Fsp3) is 0.333. The average Bonchev–Trinajstić information content (AvgIpc) is 3.24. The fourth-order valence-electron chi connectivity index (χ4n) is 5.19. The van der Waals surface area contributed by atoms with Gasteiger partial charge in [0.2, 0.25) is 0 Å². The van der Waals surface area contributed by atoms with Gasteiger partial charge in [0.15, 0.2) is 0 Å². The van der Waals surface area contributed by atoms with Crippen LogP contribution in [0.1, 0.15) is 0 Å². The third-order valence-corrected chi connectivity index (χ3v) is 29.7. The van der Waals surface area contributed by atoms with Crippen LogP contribution in [0, 0.1) is 0 Å². The van der Waals surface area contributed by atoms with Crippen molar-refractivity contribution in [1.29, 1.82) is 0 Å². The highest BCUT2D eigenvalue weighted by Gasteiger charge is 2.57. The maximum absolute atomic E-state index is 6.68. The van der Waals surface area contributed by atoms with Gasteiger partial charge in [0.1, 0.15) is 0 Å². The van der Waals surface area contributed by atoms with Crippen LogP contribution in [0.4, 0.5) is 0 Å². The monoisotopic (exact) mass is 848 g/mol. The van der Waals surface area contributed by atoms with Crippen molar-refractivity contribution in [3.63, 3.8) is 0 Å². The molecular formula is C36H56O12Si6. The lowest BCUT2D eigenvalue weighted by atomic mass is 10.4. The molecule has 0 amide bonds. The van der Waals surface area contributed by atoms with Crippen molar-refractivity contribution in [2.75, 3.05) is 56.9 Å². The van der Waals surface area contributed by atoms with Gasteiger partial charge in [-0.15, -0.1) is 0 Å². The second-order valence-electron chi connectivity index (χ2n) is 12.2. The van der Waals surface area contributed by atoms with Crippen LogP contribution in [0.25, 0.3) is 0 Å². The normalized spacial score (nSPS) is 13.0. The van der Waals surface area contributed by atoms with Gasteiger partial charge in [-0.3, -0.25) is 0 Å². The first-order valence-electron chi connectivity index (χ1n) is 17.2. The van der Waals surface area contributed by atoms with Gasteiger partial charge in [0.25, 0.3) is 0 Å². The molecule has 0 radical (unpaired) electrons. The molecule has 0 aliphatic carbocycles. The van der Waals surface area contributed by atoms with E-state index in [-0.39, 0.29) is 0 Å². The van der Waals surface area contributed by atoms with Gasteiger partial charge in [0.05, 0.1) is 0 Å². The third kappa shape index (κ3) is 11.4. The third-order valence-electron chi connectivity index (χ3n) is 8.90. The highest BCUT2D eigenvalue weighted by atomic mass is 28.5. The molecule has 0 bridgehead atoms. The minimum atomic E-state index is -3.28. The van der Waals surface area contributed by atoms with E-state index in [1.54, 1.807) is 56.9 Å². The van der Waals surface area contributed by atoms with Crippen LogP contribution in [0.5, 0.6) is 0 Å². The highest BCUT2D eigenvalue weighted by Crippen LogP contribution is 2.25. The van der Waals surface area contributed by atoms with E-state index in [1.807, 2.05) is 148 Å². The molecule has 0 aromatic heterocycles. The molecule has 0 saturated heterocycles. The molecule has 0 saturated carbocycles. The maximum atomic E-state index is 6.68. The number of hydrogen-bond donors (Lipinski definition) is 0. The van der Waals surface area contributed by atoms with Crippen LogP contribution in [0.3, 0.4) is 0 Å². The van der Waals surface area contributed by atoms with Crippen molar-refractivity contribution in [2.45, 2.75) is 26.2 Å². The molecule has 4 aromatic carbocycles. The molecule has 296 valence electrons. The van der Waals surface area contributed by atoms with E-state index < -0.39 is 52.3 Å². The van der Waals surface area contributed by atoms with Crippen LogP contribution in [0.15, 0.2) is 121 Å². The summed E-state index contributed by atoms with van der Waals surface area (Å²) in [4.78, 5) is 0. The molecule has 18 heteroatoms. The molecule has 0 N–H and O–H groups in total. The van der Waals surface area contributed by atoms with E-state index in [1.165, 1.54) is 0 Å². The zero-order valence-electron chi connectivity index (χ0n) is 33.4. The lowest BCUT2D eigenvalue weighted by Crippen LogP contribution is -2.72. The summed E-state index contributed by atoms with van der Waals surface area (Å²) in [6.07, 6.45) is 0. The molecule has 0 aliphatic rings. The average molecular weight is 849 g/mol. The smallest absolute Gasteiger partial charge is 0.387 e. The zero-order valence-corrected chi connectivity index (χ0v) is 39.4. The van der Waals surface area contributed by atoms with Crippen LogP contribution in [-0.4, -0.2) is 109 Å². The van der Waals surface area contributed by atoms with E-state index in [9.17, 15) is 0 Å². The van der Waals surface area contributed by atoms with Crippen molar-refractivity contribution in [3.05, 3.63) is 121 Å². The minimum absolute atomic E-state index is 0.928. The van der Waals surface area contributed by atoms with Gasteiger partial charge >= 0.3 is 52.3 Å². The summed E-state index contributed by atoms with van der Waals surface area (Å²) >= 11 is 0. The highest BCUT2D eigenvalue weighted by molar-refractivity contribution is 7.01. The first-order valence-corrected chi connectivity index (χ1v) is 29.7. The van der Waals surface area contributed by atoms with Gasteiger partial charge in [-0.25, -0.2) is 0 Å². The molecule has 0 unspecified atom stereocenters. The van der Waals surface area contributed by atoms with E-state index in [0.717, 1.165) is 20.7 Å². The Hall–Kier alpha value is -2.30. The van der Waals surface area contributed by atoms with Gasteiger partial charge in [-0.1, -0.05) is 121 Å². The molecule has 0 spiro atoms. The predicted octanol–water partition coefficient (Wildman–Crippen LogP) is 4.00. The number of benzene rings is 4. The summed E-state index contributed by atoms with van der Waals surface area (Å²) < 4.78 is 71.9. The molecule has 0 atom stereocenters. The molecular weight excluding hydrogens is 793 g/mol. The van der Waals surface area contributed by atoms with Crippen molar-refractivity contribution in [2.24, 2.45) is 0 Å². The lowest BCUT2D eigenvalue weighted by Gasteiger charge is -2.41. The van der Waals surface area contributed by atoms with E-state index in [2.05, 4.69) is 0 Å². The summed E-state index contributed by atoms with van der Waals surface area (Å²) in [5.41, 5.74) is 0. The number of hydrogen-bond acceptors (Lipinski definition) is 12. The minimum Gasteiger partial charge on any atom is -0.387 e. The Morgan fingerprint density at radius 1 is 0.259 bits per heavy atom. The quantitative estimate of drug-likeness (QED) is 0.120. The lowest BCUT2D eigenvalue weighted by molar-refractivity contribution is 0.127. The fourth-order valence-corrected chi connectivity index (χ4v) is 24.9. The van der Waals surface area contributed by atoms with E-state index >= 15 is 0 Å². The van der Waals surface area contributed by atoms with Crippen LogP contribution in [-0.2, 0) is 51.9 Å². The van der Waals surface area contributed by atoms with Crippen molar-refractivity contribution in [3.8, 4) is 0 Å². The van der Waals surface area contributed by atoms with Gasteiger partial charge < -0.3 is 51.9 Å². The van der Waals surface area contributed by atoms with Crippen molar-refractivity contribution in [1.82, 2.24) is 0 Å². The Labute approximate surface area is 328 Å². The predicted molar refractivity (Wildman–Crippen MR) is 223 cm³/mol. The number of rotatable bonds is 20. The SMILES string of the molecule is CO[Si](C)(OC)O[Si](O[Si](C)(OC)OC)(c1ccccc1)c1ccccc1.CO[Si](C)(OC)O[Si](O[Si](C)(OC)OC)(c1ccccc1)c1ccccc1. The second kappa shape index (κ2) is 20.7. The van der Waals surface area contributed by atoms with Crippen LogP contribution in [0.2, 0.25) is 26.2 Å². The Morgan fingerprint density at radius 2 is 0.407 bits per heavy atom. The molecule has 12 nitrogen and oxygen atoms in total. The van der Waals surface area contributed by atoms with Crippen LogP contribution >= 0.6 is 0 Å². The second-order valence-corrected chi connectivity index (χ2v) is 30.4. The summed E-state index contributed by atoms with van der Waals surface area (Å²) in [7, 11) is -5.73. The van der Waals surface area contributed by atoms with Crippen molar-refractivity contribution >= 4 is 73.1 Å². The molecule has 54 heavy (non-hydrogen) atoms. The Balaban J connectivity index is 0.000000290. The summed E-state index contributed by atoms with van der Waals surface area (Å²) in [5, 5.41) is 3.71. The first-order chi connectivity index (χ1) is 25.7. The van der Waals surface area contributed by atoms with Gasteiger partial charge in [-0.2, -0.15) is 0 Å². The Kier molecular flexibility index (Phi) is 17.7. The van der Waals surface area contributed by atoms with Crippen LogP contribution < -0.4 is 20.7 Å². The zero-order chi connectivity index (χ0) is 39.9. The first kappa shape index (κ1) is 46.1. The standard InChI is InChI=1S/2C18H28O6Si3/c2*1-19-25(5,20-2)23-27(17-13-9-7-10-14-17,18-15-11-8-12-16-18)24-26(6,21-3)22-4/h2*7-16H,1-6H3. The van der Waals surface area contributed by atoms with E-state index in [0.29, 0.717) is 0 Å². The molecule has 4 rings (SSSR count). The maximum Gasteiger partial charge on any atom is 0.488 e. The summed E-state index contributed by atoms with van der Waals surface area (Å²) in [5.74, 6) is 0. The Morgan fingerprint density at radius 3 is 0.537 bits per heavy atom. The topological polar surface area (TPSA) is 111 Å². The van der Waals surface area contributed by atoms with Gasteiger partial charge in [-0.05, 0) is 20.7 Å². The van der Waals surface area contributed by atoms with Gasteiger partial charge in [0, 0.05) is 83.1 Å². The molecule has 0 heterocycles. The molecule has 0 aliphatic heterocycles. The Bertz CT molecular complexity index is 1390. The van der Waals surface area contributed by atoms with Crippen molar-refractivity contribution < 1.29 is 51.9 Å². The largest absolute Gasteiger partial charge is 0.488 e. The summed E-state index contributed by atoms with van der Waals surface area (Å²) in [6, 6.07) is 39.5. The molecule has 4 aromatic rings.